The minimum atomic E-state index is -0.438. The molecule has 3 heteroatoms. The summed E-state index contributed by atoms with van der Waals surface area (Å²) in [6.45, 7) is 3.90. The summed E-state index contributed by atoms with van der Waals surface area (Å²) >= 11 is 0. The second-order valence-corrected chi connectivity index (χ2v) is 3.82. The van der Waals surface area contributed by atoms with E-state index >= 15 is 0 Å². The summed E-state index contributed by atoms with van der Waals surface area (Å²) in [5.74, 6) is 2.58. The average Bonchev–Trinajstić information content (AvgIpc) is 2.41. The van der Waals surface area contributed by atoms with Crippen LogP contribution in [0.3, 0.4) is 0 Å². The number of aromatic nitrogens is 2. The van der Waals surface area contributed by atoms with Gasteiger partial charge in [0.1, 0.15) is 0 Å². The molecule has 0 radical (unpaired) electrons. The van der Waals surface area contributed by atoms with Crippen molar-refractivity contribution in [3.63, 3.8) is 0 Å². The number of aliphatic hydroxyl groups excluding tert-OH is 1. The zero-order valence-corrected chi connectivity index (χ0v) is 9.62. The van der Waals surface area contributed by atoms with Crippen LogP contribution in [0.15, 0.2) is 0 Å². The maximum absolute atomic E-state index is 10.0. The van der Waals surface area contributed by atoms with Crippen LogP contribution in [-0.2, 0) is 7.05 Å². The van der Waals surface area contributed by atoms with Gasteiger partial charge in [-0.1, -0.05) is 0 Å². The monoisotopic (exact) mass is 206 g/mol. The molecule has 1 rings (SSSR count). The van der Waals surface area contributed by atoms with E-state index < -0.39 is 6.10 Å². The van der Waals surface area contributed by atoms with Crippen LogP contribution in [0.5, 0.6) is 0 Å². The molecule has 15 heavy (non-hydrogen) atoms. The molecule has 0 saturated carbocycles. The van der Waals surface area contributed by atoms with Crippen molar-refractivity contribution < 1.29 is 5.11 Å². The minimum Gasteiger partial charge on any atom is -0.388 e. The van der Waals surface area contributed by atoms with E-state index in [9.17, 15) is 5.11 Å². The molecule has 1 unspecified atom stereocenters. The Morgan fingerprint density at radius 1 is 1.53 bits per heavy atom. The third kappa shape index (κ3) is 2.60. The second-order valence-electron chi connectivity index (χ2n) is 3.82. The highest BCUT2D eigenvalue weighted by Crippen LogP contribution is 2.24. The molecule has 0 bridgehead atoms. The Hall–Kier alpha value is -1.27. The van der Waals surface area contributed by atoms with Gasteiger partial charge in [0, 0.05) is 24.7 Å². The Labute approximate surface area is 91.1 Å². The van der Waals surface area contributed by atoms with Crippen LogP contribution in [0, 0.1) is 26.2 Å². The standard InChI is InChI=1S/C12H18N2O/c1-5-6-7-8-11(15)12-9(2)13-14(4)10(12)3/h1,11,15H,6-8H2,2-4H3. The van der Waals surface area contributed by atoms with E-state index in [1.54, 1.807) is 4.68 Å². The topological polar surface area (TPSA) is 38.1 Å². The van der Waals surface area contributed by atoms with Crippen LogP contribution in [0.1, 0.15) is 42.3 Å². The zero-order valence-electron chi connectivity index (χ0n) is 9.62. The highest BCUT2D eigenvalue weighted by Gasteiger charge is 2.17. The Kier molecular flexibility index (Phi) is 3.93. The molecule has 0 amide bonds. The molecule has 3 nitrogen and oxygen atoms in total. The molecule has 0 aromatic carbocycles. The van der Waals surface area contributed by atoms with Crippen molar-refractivity contribution in [2.24, 2.45) is 7.05 Å². The third-order valence-electron chi connectivity index (χ3n) is 2.70. The van der Waals surface area contributed by atoms with Crippen LogP contribution >= 0.6 is 0 Å². The largest absolute Gasteiger partial charge is 0.388 e. The Morgan fingerprint density at radius 3 is 2.67 bits per heavy atom. The predicted octanol–water partition coefficient (Wildman–Crippen LogP) is 1.87. The molecule has 1 atom stereocenters. The fraction of sp³-hybridized carbons (Fsp3) is 0.583. The number of nitrogens with zero attached hydrogens (tertiary/aromatic N) is 2. The molecule has 1 heterocycles. The lowest BCUT2D eigenvalue weighted by atomic mass is 10.0. The van der Waals surface area contributed by atoms with Crippen molar-refractivity contribution in [2.45, 2.75) is 39.2 Å². The van der Waals surface area contributed by atoms with E-state index in [1.807, 2.05) is 20.9 Å². The second kappa shape index (κ2) is 4.99. The van der Waals surface area contributed by atoms with Crippen molar-refractivity contribution in [1.29, 1.82) is 0 Å². The van der Waals surface area contributed by atoms with E-state index in [4.69, 9.17) is 6.42 Å². The van der Waals surface area contributed by atoms with E-state index in [1.165, 1.54) is 0 Å². The van der Waals surface area contributed by atoms with Crippen molar-refractivity contribution in [3.8, 4) is 12.3 Å². The Morgan fingerprint density at radius 2 is 2.20 bits per heavy atom. The van der Waals surface area contributed by atoms with Gasteiger partial charge < -0.3 is 5.11 Å². The van der Waals surface area contributed by atoms with Gasteiger partial charge >= 0.3 is 0 Å². The molecular formula is C12H18N2O. The SMILES string of the molecule is C#CCCCC(O)c1c(C)nn(C)c1C. The molecular weight excluding hydrogens is 188 g/mol. The molecule has 0 saturated heterocycles. The number of hydrogen-bond donors (Lipinski definition) is 1. The molecule has 82 valence electrons. The Bertz CT molecular complexity index is 374. The van der Waals surface area contributed by atoms with Crippen LogP contribution < -0.4 is 0 Å². The summed E-state index contributed by atoms with van der Waals surface area (Å²) in [4.78, 5) is 0. The molecule has 0 aliphatic heterocycles. The van der Waals surface area contributed by atoms with Crippen LogP contribution in [-0.4, -0.2) is 14.9 Å². The fourth-order valence-electron chi connectivity index (χ4n) is 1.81. The van der Waals surface area contributed by atoms with Gasteiger partial charge in [0.15, 0.2) is 0 Å². The summed E-state index contributed by atoms with van der Waals surface area (Å²) in [6.07, 6.45) is 7.01. The van der Waals surface area contributed by atoms with Gasteiger partial charge in [-0.25, -0.2) is 0 Å². The van der Waals surface area contributed by atoms with Gasteiger partial charge in [-0.05, 0) is 26.7 Å². The molecule has 0 spiro atoms. The maximum Gasteiger partial charge on any atom is 0.0826 e. The number of hydrogen-bond acceptors (Lipinski definition) is 2. The first-order chi connectivity index (χ1) is 7.07. The van der Waals surface area contributed by atoms with Crippen LogP contribution in [0.2, 0.25) is 0 Å². The van der Waals surface area contributed by atoms with Crippen LogP contribution in [0.4, 0.5) is 0 Å². The third-order valence-corrected chi connectivity index (χ3v) is 2.70. The van der Waals surface area contributed by atoms with Crippen molar-refractivity contribution in [2.75, 3.05) is 0 Å². The van der Waals surface area contributed by atoms with E-state index in [2.05, 4.69) is 11.0 Å². The normalized spacial score (nSPS) is 12.5. The first-order valence-corrected chi connectivity index (χ1v) is 5.19. The number of unbranched alkanes of at least 4 members (excludes halogenated alkanes) is 1. The van der Waals surface area contributed by atoms with Crippen molar-refractivity contribution >= 4 is 0 Å². The summed E-state index contributed by atoms with van der Waals surface area (Å²) in [6, 6.07) is 0. The molecule has 1 aromatic heterocycles. The average molecular weight is 206 g/mol. The van der Waals surface area contributed by atoms with Gasteiger partial charge in [-0.3, -0.25) is 4.68 Å². The number of terminal acetylenes is 1. The first kappa shape index (κ1) is 11.8. The summed E-state index contributed by atoms with van der Waals surface area (Å²) < 4.78 is 1.80. The Balaban J connectivity index is 2.73. The molecule has 0 aliphatic carbocycles. The minimum absolute atomic E-state index is 0.438. The van der Waals surface area contributed by atoms with E-state index in [0.29, 0.717) is 6.42 Å². The van der Waals surface area contributed by atoms with Gasteiger partial charge in [-0.2, -0.15) is 5.10 Å². The van der Waals surface area contributed by atoms with E-state index in [-0.39, 0.29) is 0 Å². The number of aryl methyl sites for hydroxylation is 2. The van der Waals surface area contributed by atoms with E-state index in [0.717, 1.165) is 29.8 Å². The lowest BCUT2D eigenvalue weighted by Gasteiger charge is -2.10. The quantitative estimate of drug-likeness (QED) is 0.603. The van der Waals surface area contributed by atoms with Gasteiger partial charge in [-0.15, -0.1) is 12.3 Å². The summed E-state index contributed by atoms with van der Waals surface area (Å²) in [5, 5.41) is 14.3. The van der Waals surface area contributed by atoms with Crippen molar-refractivity contribution in [1.82, 2.24) is 9.78 Å². The predicted molar refractivity (Wildman–Crippen MR) is 60.3 cm³/mol. The zero-order chi connectivity index (χ0) is 11.4. The molecule has 0 aliphatic rings. The van der Waals surface area contributed by atoms with Gasteiger partial charge in [0.25, 0.3) is 0 Å². The molecule has 1 aromatic rings. The number of rotatable bonds is 4. The van der Waals surface area contributed by atoms with Gasteiger partial charge in [0.05, 0.1) is 11.8 Å². The summed E-state index contributed by atoms with van der Waals surface area (Å²) in [5.41, 5.74) is 2.89. The lowest BCUT2D eigenvalue weighted by molar-refractivity contribution is 0.163. The molecule has 1 N–H and O–H groups in total. The highest BCUT2D eigenvalue weighted by molar-refractivity contribution is 5.26. The summed E-state index contributed by atoms with van der Waals surface area (Å²) in [7, 11) is 1.89. The smallest absolute Gasteiger partial charge is 0.0826 e. The molecule has 0 fully saturated rings. The van der Waals surface area contributed by atoms with Crippen molar-refractivity contribution in [3.05, 3.63) is 17.0 Å². The fourth-order valence-corrected chi connectivity index (χ4v) is 1.81. The maximum atomic E-state index is 10.0. The lowest BCUT2D eigenvalue weighted by Crippen LogP contribution is -2.01. The highest BCUT2D eigenvalue weighted by atomic mass is 16.3. The first-order valence-electron chi connectivity index (χ1n) is 5.19. The van der Waals surface area contributed by atoms with Crippen LogP contribution in [0.25, 0.3) is 0 Å². The van der Waals surface area contributed by atoms with Gasteiger partial charge in [0.2, 0.25) is 0 Å². The number of aliphatic hydroxyl groups is 1.